The van der Waals surface area contributed by atoms with E-state index in [2.05, 4.69) is 5.32 Å². The van der Waals surface area contributed by atoms with E-state index in [1.807, 2.05) is 58.0 Å². The van der Waals surface area contributed by atoms with Crippen molar-refractivity contribution >= 4 is 27.5 Å². The van der Waals surface area contributed by atoms with E-state index in [4.69, 9.17) is 4.74 Å². The number of sulfonamides is 1. The minimum absolute atomic E-state index is 0.0668. The SMILES string of the molecule is CCOc1ccc(N(CC(=O)N(CCc2ccccc2)[C@H](CC)C(=O)NC(C)C)S(=O)(=O)c2ccccc2)cc1. The van der Waals surface area contributed by atoms with Gasteiger partial charge in [-0.3, -0.25) is 13.9 Å². The Morgan fingerprint density at radius 1 is 0.875 bits per heavy atom. The third-order valence-corrected chi connectivity index (χ3v) is 8.13. The molecular weight excluding hydrogens is 526 g/mol. The number of benzene rings is 3. The van der Waals surface area contributed by atoms with Crippen LogP contribution in [0.4, 0.5) is 5.69 Å². The summed E-state index contributed by atoms with van der Waals surface area (Å²) in [6.45, 7) is 7.69. The molecule has 9 heteroatoms. The zero-order valence-corrected chi connectivity index (χ0v) is 24.4. The van der Waals surface area contributed by atoms with Crippen molar-refractivity contribution in [2.45, 2.75) is 57.5 Å². The average molecular weight is 566 g/mol. The van der Waals surface area contributed by atoms with E-state index < -0.39 is 28.5 Å². The fourth-order valence-corrected chi connectivity index (χ4v) is 5.84. The van der Waals surface area contributed by atoms with Crippen molar-refractivity contribution in [2.24, 2.45) is 0 Å². The minimum Gasteiger partial charge on any atom is -0.494 e. The van der Waals surface area contributed by atoms with Crippen LogP contribution in [0, 0.1) is 0 Å². The van der Waals surface area contributed by atoms with E-state index in [0.717, 1.165) is 9.87 Å². The molecule has 0 heterocycles. The molecule has 0 spiro atoms. The third-order valence-electron chi connectivity index (χ3n) is 6.35. The summed E-state index contributed by atoms with van der Waals surface area (Å²) in [6, 6.07) is 23.4. The highest BCUT2D eigenvalue weighted by atomic mass is 32.2. The largest absolute Gasteiger partial charge is 0.494 e. The number of ether oxygens (including phenoxy) is 1. The highest BCUT2D eigenvalue weighted by Gasteiger charge is 2.33. The summed E-state index contributed by atoms with van der Waals surface area (Å²) in [7, 11) is -4.10. The number of nitrogens with one attached hydrogen (secondary N) is 1. The van der Waals surface area contributed by atoms with Gasteiger partial charge in [-0.25, -0.2) is 8.42 Å². The first-order chi connectivity index (χ1) is 19.2. The maximum Gasteiger partial charge on any atom is 0.264 e. The van der Waals surface area contributed by atoms with E-state index in [-0.39, 0.29) is 23.4 Å². The van der Waals surface area contributed by atoms with Crippen molar-refractivity contribution in [2.75, 3.05) is 24.0 Å². The van der Waals surface area contributed by atoms with Crippen LogP contribution in [-0.4, -0.2) is 56.9 Å². The molecule has 2 amide bonds. The zero-order valence-electron chi connectivity index (χ0n) is 23.6. The van der Waals surface area contributed by atoms with E-state index in [0.29, 0.717) is 30.9 Å². The van der Waals surface area contributed by atoms with Gasteiger partial charge < -0.3 is 15.0 Å². The topological polar surface area (TPSA) is 96.0 Å². The van der Waals surface area contributed by atoms with Gasteiger partial charge in [-0.05, 0) is 75.6 Å². The zero-order chi connectivity index (χ0) is 29.1. The molecule has 8 nitrogen and oxygen atoms in total. The summed E-state index contributed by atoms with van der Waals surface area (Å²) in [5.41, 5.74) is 1.34. The van der Waals surface area contributed by atoms with Gasteiger partial charge in [0.15, 0.2) is 0 Å². The monoisotopic (exact) mass is 565 g/mol. The van der Waals surface area contributed by atoms with Crippen LogP contribution >= 0.6 is 0 Å². The Labute approximate surface area is 238 Å². The second-order valence-electron chi connectivity index (χ2n) is 9.66. The Morgan fingerprint density at radius 2 is 1.48 bits per heavy atom. The lowest BCUT2D eigenvalue weighted by molar-refractivity contribution is -0.139. The molecule has 0 aliphatic carbocycles. The predicted octanol–water partition coefficient (Wildman–Crippen LogP) is 4.66. The van der Waals surface area contributed by atoms with Crippen LogP contribution in [0.25, 0.3) is 0 Å². The number of rotatable bonds is 14. The van der Waals surface area contributed by atoms with E-state index in [1.54, 1.807) is 42.5 Å². The molecule has 0 bridgehead atoms. The third kappa shape index (κ3) is 8.08. The maximum absolute atomic E-state index is 14.0. The first-order valence-electron chi connectivity index (χ1n) is 13.6. The summed E-state index contributed by atoms with van der Waals surface area (Å²) >= 11 is 0. The van der Waals surface area contributed by atoms with E-state index in [9.17, 15) is 18.0 Å². The molecule has 3 rings (SSSR count). The molecule has 214 valence electrons. The van der Waals surface area contributed by atoms with Gasteiger partial charge in [-0.1, -0.05) is 55.5 Å². The van der Waals surface area contributed by atoms with Crippen LogP contribution in [0.15, 0.2) is 89.8 Å². The molecule has 0 unspecified atom stereocenters. The summed E-state index contributed by atoms with van der Waals surface area (Å²) < 4.78 is 34.3. The Hall–Kier alpha value is -3.85. The quantitative estimate of drug-likeness (QED) is 0.307. The smallest absolute Gasteiger partial charge is 0.264 e. The van der Waals surface area contributed by atoms with Crippen molar-refractivity contribution in [1.82, 2.24) is 10.2 Å². The van der Waals surface area contributed by atoms with E-state index >= 15 is 0 Å². The molecule has 0 aliphatic heterocycles. The van der Waals surface area contributed by atoms with Crippen molar-refractivity contribution in [3.05, 3.63) is 90.5 Å². The van der Waals surface area contributed by atoms with Gasteiger partial charge in [-0.2, -0.15) is 0 Å². The summed E-state index contributed by atoms with van der Waals surface area (Å²) in [5.74, 6) is -0.136. The molecule has 1 N–H and O–H groups in total. The van der Waals surface area contributed by atoms with Gasteiger partial charge in [-0.15, -0.1) is 0 Å². The molecule has 3 aromatic carbocycles. The van der Waals surface area contributed by atoms with Crippen molar-refractivity contribution in [3.8, 4) is 5.75 Å². The van der Waals surface area contributed by atoms with Gasteiger partial charge in [0.2, 0.25) is 11.8 Å². The van der Waals surface area contributed by atoms with Crippen molar-refractivity contribution in [1.29, 1.82) is 0 Å². The number of amides is 2. The highest BCUT2D eigenvalue weighted by molar-refractivity contribution is 7.92. The molecule has 3 aromatic rings. The number of nitrogens with zero attached hydrogens (tertiary/aromatic N) is 2. The first kappa shape index (κ1) is 30.7. The molecule has 1 atom stereocenters. The van der Waals surface area contributed by atoms with Gasteiger partial charge in [0.25, 0.3) is 10.0 Å². The van der Waals surface area contributed by atoms with Crippen molar-refractivity contribution in [3.63, 3.8) is 0 Å². The summed E-state index contributed by atoms with van der Waals surface area (Å²) in [5, 5.41) is 2.91. The summed E-state index contributed by atoms with van der Waals surface area (Å²) in [4.78, 5) is 28.7. The van der Waals surface area contributed by atoms with Crippen LogP contribution in [0.1, 0.15) is 39.7 Å². The highest BCUT2D eigenvalue weighted by Crippen LogP contribution is 2.26. The van der Waals surface area contributed by atoms with Crippen molar-refractivity contribution < 1.29 is 22.7 Å². The lowest BCUT2D eigenvalue weighted by Crippen LogP contribution is -2.54. The Bertz CT molecular complexity index is 1330. The second kappa shape index (κ2) is 14.5. The lowest BCUT2D eigenvalue weighted by atomic mass is 10.1. The lowest BCUT2D eigenvalue weighted by Gasteiger charge is -2.33. The van der Waals surface area contributed by atoms with Gasteiger partial charge in [0, 0.05) is 12.6 Å². The average Bonchev–Trinajstić information content (AvgIpc) is 2.95. The Morgan fingerprint density at radius 3 is 2.02 bits per heavy atom. The normalized spacial score (nSPS) is 12.0. The molecule has 0 aliphatic rings. The predicted molar refractivity (Wildman–Crippen MR) is 158 cm³/mol. The van der Waals surface area contributed by atoms with Crippen LogP contribution in [0.2, 0.25) is 0 Å². The van der Waals surface area contributed by atoms with Gasteiger partial charge in [0.1, 0.15) is 18.3 Å². The number of hydrogen-bond acceptors (Lipinski definition) is 5. The van der Waals surface area contributed by atoms with Crippen LogP contribution in [-0.2, 0) is 26.0 Å². The molecule has 0 aromatic heterocycles. The molecule has 0 saturated carbocycles. The first-order valence-corrected chi connectivity index (χ1v) is 15.1. The van der Waals surface area contributed by atoms with Gasteiger partial charge in [0.05, 0.1) is 17.2 Å². The molecular formula is C31H39N3O5S. The Kier molecular flexibility index (Phi) is 11.1. The van der Waals surface area contributed by atoms with Crippen LogP contribution in [0.5, 0.6) is 5.75 Å². The maximum atomic E-state index is 14.0. The Balaban J connectivity index is 2.00. The number of carbonyl (C=O) groups excluding carboxylic acids is 2. The molecule has 0 radical (unpaired) electrons. The fourth-order valence-electron chi connectivity index (χ4n) is 4.40. The second-order valence-corrected chi connectivity index (χ2v) is 11.5. The number of anilines is 1. The van der Waals surface area contributed by atoms with Crippen LogP contribution < -0.4 is 14.4 Å². The van der Waals surface area contributed by atoms with Gasteiger partial charge >= 0.3 is 0 Å². The minimum atomic E-state index is -4.10. The van der Waals surface area contributed by atoms with E-state index in [1.165, 1.54) is 17.0 Å². The number of carbonyl (C=O) groups is 2. The summed E-state index contributed by atoms with van der Waals surface area (Å²) in [6.07, 6.45) is 0.903. The van der Waals surface area contributed by atoms with Crippen LogP contribution in [0.3, 0.4) is 0 Å². The molecule has 0 fully saturated rings. The molecule has 40 heavy (non-hydrogen) atoms. The molecule has 0 saturated heterocycles. The standard InChI is InChI=1S/C31H39N3O5S/c1-5-29(31(36)32-24(3)4)33(22-21-25-13-9-7-10-14-25)30(35)23-34(26-17-19-27(20-18-26)39-6-2)40(37,38)28-15-11-8-12-16-28/h7-20,24,29H,5-6,21-23H2,1-4H3,(H,32,36)/t29-/m1/s1. The fraction of sp³-hybridized carbons (Fsp3) is 0.355. The number of hydrogen-bond donors (Lipinski definition) is 1.